The van der Waals surface area contributed by atoms with Gasteiger partial charge in [-0.15, -0.1) is 0 Å². The van der Waals surface area contributed by atoms with Crippen molar-refractivity contribution in [2.24, 2.45) is 0 Å². The van der Waals surface area contributed by atoms with E-state index in [1.54, 1.807) is 20.2 Å². The van der Waals surface area contributed by atoms with E-state index in [0.717, 1.165) is 16.7 Å². The number of carbonyl (C=O) groups is 1. The lowest BCUT2D eigenvalue weighted by atomic mass is 10.0. The van der Waals surface area contributed by atoms with Crippen molar-refractivity contribution in [1.29, 1.82) is 5.26 Å². The van der Waals surface area contributed by atoms with Crippen LogP contribution < -0.4 is 0 Å². The largest absolute Gasteiger partial charge is 0.344 e. The predicted molar refractivity (Wildman–Crippen MR) is 84.2 cm³/mol. The second-order valence-corrected chi connectivity index (χ2v) is 4.86. The highest BCUT2D eigenvalue weighted by Gasteiger charge is 2.10. The lowest BCUT2D eigenvalue weighted by molar-refractivity contribution is -0.124. The standard InChI is InChI=1S/C18H16N2O/c1-20(2)18(21)17(13-19)12-14-8-10-16(11-9-14)15-6-4-3-5-7-15/h3-12H,1-2H3/b17-12-. The zero-order valence-corrected chi connectivity index (χ0v) is 12.1. The Kier molecular flexibility index (Phi) is 4.53. The molecule has 0 aliphatic heterocycles. The molecule has 0 radical (unpaired) electrons. The minimum absolute atomic E-state index is 0.132. The Balaban J connectivity index is 2.27. The number of carbonyl (C=O) groups excluding carboxylic acids is 1. The quantitative estimate of drug-likeness (QED) is 0.637. The zero-order valence-electron chi connectivity index (χ0n) is 12.1. The van der Waals surface area contributed by atoms with Crippen LogP contribution in [-0.2, 0) is 4.79 Å². The first-order chi connectivity index (χ1) is 10.1. The number of nitrogens with zero attached hydrogens (tertiary/aromatic N) is 2. The van der Waals surface area contributed by atoms with E-state index in [0.29, 0.717) is 0 Å². The molecule has 0 aliphatic rings. The van der Waals surface area contributed by atoms with Gasteiger partial charge >= 0.3 is 0 Å². The molecule has 0 unspecified atom stereocenters. The van der Waals surface area contributed by atoms with Crippen molar-refractivity contribution >= 4 is 12.0 Å². The fourth-order valence-corrected chi connectivity index (χ4v) is 1.95. The Morgan fingerprint density at radius 2 is 1.57 bits per heavy atom. The Morgan fingerprint density at radius 1 is 1.00 bits per heavy atom. The van der Waals surface area contributed by atoms with E-state index in [9.17, 15) is 4.79 Å². The molecule has 2 rings (SSSR count). The summed E-state index contributed by atoms with van der Waals surface area (Å²) in [7, 11) is 3.26. The normalized spacial score (nSPS) is 10.8. The van der Waals surface area contributed by atoms with Gasteiger partial charge in [0.1, 0.15) is 11.6 Å². The third-order valence-corrected chi connectivity index (χ3v) is 3.09. The first-order valence-electron chi connectivity index (χ1n) is 6.61. The number of benzene rings is 2. The molecular formula is C18H16N2O. The maximum atomic E-state index is 11.8. The molecule has 21 heavy (non-hydrogen) atoms. The number of hydrogen-bond donors (Lipinski definition) is 0. The average molecular weight is 276 g/mol. The van der Waals surface area contributed by atoms with Crippen LogP contribution in [0.2, 0.25) is 0 Å². The highest BCUT2D eigenvalue weighted by atomic mass is 16.2. The van der Waals surface area contributed by atoms with Crippen molar-refractivity contribution in [3.8, 4) is 17.2 Å². The van der Waals surface area contributed by atoms with Crippen molar-refractivity contribution < 1.29 is 4.79 Å². The summed E-state index contributed by atoms with van der Waals surface area (Å²) in [6, 6.07) is 19.8. The van der Waals surface area contributed by atoms with Gasteiger partial charge in [-0.05, 0) is 22.8 Å². The molecule has 0 N–H and O–H groups in total. The smallest absolute Gasteiger partial charge is 0.264 e. The first-order valence-corrected chi connectivity index (χ1v) is 6.61. The van der Waals surface area contributed by atoms with Crippen LogP contribution in [0.25, 0.3) is 17.2 Å². The van der Waals surface area contributed by atoms with Crippen LogP contribution in [-0.4, -0.2) is 24.9 Å². The molecule has 104 valence electrons. The van der Waals surface area contributed by atoms with Crippen LogP contribution in [0.5, 0.6) is 0 Å². The highest BCUT2D eigenvalue weighted by molar-refractivity contribution is 6.01. The Hall–Kier alpha value is -2.86. The zero-order chi connectivity index (χ0) is 15.2. The molecule has 0 spiro atoms. The van der Waals surface area contributed by atoms with E-state index in [-0.39, 0.29) is 11.5 Å². The van der Waals surface area contributed by atoms with E-state index in [4.69, 9.17) is 5.26 Å². The topological polar surface area (TPSA) is 44.1 Å². The second kappa shape index (κ2) is 6.53. The molecule has 0 saturated heterocycles. The van der Waals surface area contributed by atoms with Crippen LogP contribution in [0.3, 0.4) is 0 Å². The summed E-state index contributed by atoms with van der Waals surface area (Å²) in [6.07, 6.45) is 1.61. The van der Waals surface area contributed by atoms with Gasteiger partial charge in [0.25, 0.3) is 5.91 Å². The second-order valence-electron chi connectivity index (χ2n) is 4.86. The molecule has 3 heteroatoms. The van der Waals surface area contributed by atoms with Gasteiger partial charge in [0.15, 0.2) is 0 Å². The summed E-state index contributed by atoms with van der Waals surface area (Å²) in [5.74, 6) is -0.287. The van der Waals surface area contributed by atoms with Gasteiger partial charge in [-0.2, -0.15) is 5.26 Å². The predicted octanol–water partition coefficient (Wildman–Crippen LogP) is 3.35. The highest BCUT2D eigenvalue weighted by Crippen LogP contribution is 2.20. The summed E-state index contributed by atoms with van der Waals surface area (Å²) in [5.41, 5.74) is 3.21. The molecule has 2 aromatic rings. The van der Waals surface area contributed by atoms with Crippen molar-refractivity contribution in [2.45, 2.75) is 0 Å². The molecular weight excluding hydrogens is 260 g/mol. The number of nitriles is 1. The molecule has 1 amide bonds. The van der Waals surface area contributed by atoms with Crippen molar-refractivity contribution in [1.82, 2.24) is 4.90 Å². The maximum absolute atomic E-state index is 11.8. The lowest BCUT2D eigenvalue weighted by Gasteiger charge is -2.08. The number of amides is 1. The first kappa shape index (κ1) is 14.5. The van der Waals surface area contributed by atoms with Crippen LogP contribution >= 0.6 is 0 Å². The van der Waals surface area contributed by atoms with E-state index in [1.807, 2.05) is 60.7 Å². The molecule has 2 aromatic carbocycles. The van der Waals surface area contributed by atoms with E-state index in [2.05, 4.69) is 0 Å². The summed E-state index contributed by atoms with van der Waals surface area (Å²) in [6.45, 7) is 0. The minimum Gasteiger partial charge on any atom is -0.344 e. The fraction of sp³-hybridized carbons (Fsp3) is 0.111. The molecule has 0 aromatic heterocycles. The van der Waals surface area contributed by atoms with E-state index >= 15 is 0 Å². The van der Waals surface area contributed by atoms with Gasteiger partial charge in [-0.25, -0.2) is 0 Å². The number of likely N-dealkylation sites (N-methyl/N-ethyl adjacent to an activating group) is 1. The minimum atomic E-state index is -0.287. The monoisotopic (exact) mass is 276 g/mol. The summed E-state index contributed by atoms with van der Waals surface area (Å²) < 4.78 is 0. The summed E-state index contributed by atoms with van der Waals surface area (Å²) in [4.78, 5) is 13.2. The van der Waals surface area contributed by atoms with Crippen LogP contribution in [0.1, 0.15) is 5.56 Å². The third-order valence-electron chi connectivity index (χ3n) is 3.09. The molecule has 0 saturated carbocycles. The molecule has 0 aliphatic carbocycles. The summed E-state index contributed by atoms with van der Waals surface area (Å²) in [5, 5.41) is 9.07. The molecule has 3 nitrogen and oxygen atoms in total. The van der Waals surface area contributed by atoms with Crippen molar-refractivity contribution in [2.75, 3.05) is 14.1 Å². The average Bonchev–Trinajstić information content (AvgIpc) is 2.53. The number of hydrogen-bond acceptors (Lipinski definition) is 2. The lowest BCUT2D eigenvalue weighted by Crippen LogP contribution is -2.22. The van der Waals surface area contributed by atoms with Gasteiger partial charge in [-0.3, -0.25) is 4.79 Å². The Morgan fingerprint density at radius 3 is 2.10 bits per heavy atom. The van der Waals surface area contributed by atoms with E-state index in [1.165, 1.54) is 4.90 Å². The maximum Gasteiger partial charge on any atom is 0.264 e. The Labute approximate surface area is 124 Å². The van der Waals surface area contributed by atoms with Crippen molar-refractivity contribution in [3.05, 3.63) is 65.7 Å². The van der Waals surface area contributed by atoms with Crippen LogP contribution in [0, 0.1) is 11.3 Å². The molecule has 0 bridgehead atoms. The fourth-order valence-electron chi connectivity index (χ4n) is 1.95. The van der Waals surface area contributed by atoms with Gasteiger partial charge in [-0.1, -0.05) is 54.6 Å². The summed E-state index contributed by atoms with van der Waals surface area (Å²) >= 11 is 0. The van der Waals surface area contributed by atoms with Crippen molar-refractivity contribution in [3.63, 3.8) is 0 Å². The Bertz CT molecular complexity index is 692. The SMILES string of the molecule is CN(C)C(=O)/C(C#N)=C\c1ccc(-c2ccccc2)cc1. The van der Waals surface area contributed by atoms with Crippen LogP contribution in [0.15, 0.2) is 60.2 Å². The van der Waals surface area contributed by atoms with Gasteiger partial charge < -0.3 is 4.90 Å². The van der Waals surface area contributed by atoms with Crippen LogP contribution in [0.4, 0.5) is 0 Å². The van der Waals surface area contributed by atoms with Gasteiger partial charge in [0.05, 0.1) is 0 Å². The molecule has 0 atom stereocenters. The van der Waals surface area contributed by atoms with Gasteiger partial charge in [0, 0.05) is 14.1 Å². The molecule has 0 heterocycles. The van der Waals surface area contributed by atoms with Gasteiger partial charge in [0.2, 0.25) is 0 Å². The molecule has 0 fully saturated rings. The van der Waals surface area contributed by atoms with E-state index < -0.39 is 0 Å². The third kappa shape index (κ3) is 3.58. The number of rotatable bonds is 3.